The van der Waals surface area contributed by atoms with E-state index in [-0.39, 0.29) is 17.3 Å². The van der Waals surface area contributed by atoms with Crippen LogP contribution in [0.15, 0.2) is 84.4 Å². The Labute approximate surface area is 223 Å². The Balaban J connectivity index is 1.25. The van der Waals surface area contributed by atoms with Crippen molar-refractivity contribution in [1.29, 1.82) is 5.26 Å². The fraction of sp³-hybridized carbons (Fsp3) is 0.143. The summed E-state index contributed by atoms with van der Waals surface area (Å²) in [6, 6.07) is 25.6. The first kappa shape index (κ1) is 26.2. The predicted octanol–water partition coefficient (Wildman–Crippen LogP) is 5.13. The van der Waals surface area contributed by atoms with Crippen LogP contribution in [0, 0.1) is 11.3 Å². The van der Waals surface area contributed by atoms with Crippen LogP contribution in [0.25, 0.3) is 6.08 Å². The number of nitrogens with zero attached hydrogens (tertiary/aromatic N) is 3. The molecule has 1 heterocycles. The molecule has 1 aromatic heterocycles. The van der Waals surface area contributed by atoms with Gasteiger partial charge < -0.3 is 18.9 Å². The Kier molecular flexibility index (Phi) is 9.26. The number of hydrogen-bond acceptors (Lipinski definition) is 9. The van der Waals surface area contributed by atoms with E-state index in [1.165, 1.54) is 17.4 Å². The zero-order valence-electron chi connectivity index (χ0n) is 20.5. The van der Waals surface area contributed by atoms with E-state index in [1.54, 1.807) is 31.4 Å². The smallest absolute Gasteiger partial charge is 0.268 e. The molecule has 0 spiro atoms. The predicted molar refractivity (Wildman–Crippen MR) is 143 cm³/mol. The van der Waals surface area contributed by atoms with Gasteiger partial charge in [-0.2, -0.15) is 5.26 Å². The van der Waals surface area contributed by atoms with Gasteiger partial charge in [-0.25, -0.2) is 0 Å². The molecule has 4 aromatic rings. The lowest BCUT2D eigenvalue weighted by molar-refractivity contribution is -0.112. The topological polar surface area (TPSA) is 116 Å². The van der Waals surface area contributed by atoms with E-state index in [4.69, 9.17) is 18.9 Å². The Hall–Kier alpha value is -4.88. The average molecular weight is 529 g/mol. The second-order valence-corrected chi connectivity index (χ2v) is 8.73. The molecule has 10 heteroatoms. The summed E-state index contributed by atoms with van der Waals surface area (Å²) < 4.78 is 22.1. The van der Waals surface area contributed by atoms with Crippen LogP contribution in [-0.4, -0.2) is 36.4 Å². The van der Waals surface area contributed by atoms with E-state index in [0.29, 0.717) is 35.3 Å². The fourth-order valence-electron chi connectivity index (χ4n) is 3.16. The third kappa shape index (κ3) is 7.81. The van der Waals surface area contributed by atoms with Gasteiger partial charge in [-0.05, 0) is 60.2 Å². The average Bonchev–Trinajstić information content (AvgIpc) is 3.41. The van der Waals surface area contributed by atoms with Gasteiger partial charge in [0.1, 0.15) is 54.5 Å². The van der Waals surface area contributed by atoms with Crippen molar-refractivity contribution in [3.05, 3.63) is 95.0 Å². The molecule has 9 nitrogen and oxygen atoms in total. The number of amides is 1. The van der Waals surface area contributed by atoms with Gasteiger partial charge in [-0.1, -0.05) is 41.7 Å². The molecule has 0 aliphatic carbocycles. The third-order valence-electron chi connectivity index (χ3n) is 5.03. The number of carbonyl (C=O) groups is 1. The highest BCUT2D eigenvalue weighted by molar-refractivity contribution is 7.15. The molecule has 0 saturated heterocycles. The van der Waals surface area contributed by atoms with Crippen molar-refractivity contribution in [3.63, 3.8) is 0 Å². The van der Waals surface area contributed by atoms with Crippen LogP contribution in [0.5, 0.6) is 23.0 Å². The molecule has 0 bridgehead atoms. The monoisotopic (exact) mass is 528 g/mol. The summed E-state index contributed by atoms with van der Waals surface area (Å²) in [6.45, 7) is 0.951. The number of methoxy groups -OCH3 is 1. The molecule has 0 saturated carbocycles. The number of nitriles is 1. The van der Waals surface area contributed by atoms with Gasteiger partial charge in [0.15, 0.2) is 5.01 Å². The lowest BCUT2D eigenvalue weighted by atomic mass is 10.1. The van der Waals surface area contributed by atoms with Crippen LogP contribution >= 0.6 is 11.3 Å². The summed E-state index contributed by atoms with van der Waals surface area (Å²) in [5.41, 5.74) is 0.608. The highest BCUT2D eigenvalue weighted by Crippen LogP contribution is 2.20. The number of aromatic nitrogens is 2. The number of benzene rings is 3. The summed E-state index contributed by atoms with van der Waals surface area (Å²) in [6.07, 6.45) is 1.49. The Morgan fingerprint density at radius 1 is 0.868 bits per heavy atom. The first-order valence-electron chi connectivity index (χ1n) is 11.6. The van der Waals surface area contributed by atoms with E-state index in [9.17, 15) is 10.1 Å². The zero-order valence-corrected chi connectivity index (χ0v) is 21.3. The van der Waals surface area contributed by atoms with Gasteiger partial charge in [0.2, 0.25) is 5.13 Å². The van der Waals surface area contributed by atoms with Crippen LogP contribution in [0.3, 0.4) is 0 Å². The van der Waals surface area contributed by atoms with Crippen LogP contribution in [0.4, 0.5) is 5.13 Å². The SMILES string of the molecule is COc1ccc(OCCOc2ccc(/C=C(/C#N)C(=O)Nc3nnc(COc4ccccc4)s3)cc2)cc1. The van der Waals surface area contributed by atoms with Gasteiger partial charge >= 0.3 is 0 Å². The lowest BCUT2D eigenvalue weighted by Gasteiger charge is -2.09. The molecule has 0 fully saturated rings. The minimum absolute atomic E-state index is 0.0659. The van der Waals surface area contributed by atoms with Gasteiger partial charge in [0.05, 0.1) is 7.11 Å². The summed E-state index contributed by atoms with van der Waals surface area (Å²) in [5.74, 6) is 2.26. The van der Waals surface area contributed by atoms with Crippen molar-refractivity contribution in [3.8, 4) is 29.1 Å². The number of anilines is 1. The molecule has 38 heavy (non-hydrogen) atoms. The fourth-order valence-corrected chi connectivity index (χ4v) is 3.80. The number of para-hydroxylation sites is 1. The maximum atomic E-state index is 12.6. The van der Waals surface area contributed by atoms with Gasteiger partial charge in [0.25, 0.3) is 5.91 Å². The largest absolute Gasteiger partial charge is 0.497 e. The number of ether oxygens (including phenoxy) is 4. The molecular formula is C28H24N4O5S. The number of rotatable bonds is 12. The number of nitrogens with one attached hydrogen (secondary N) is 1. The molecule has 0 atom stereocenters. The quantitative estimate of drug-likeness (QED) is 0.153. The Bertz CT molecular complexity index is 1400. The molecule has 4 rings (SSSR count). The molecule has 0 aliphatic rings. The summed E-state index contributed by atoms with van der Waals surface area (Å²) in [7, 11) is 1.61. The van der Waals surface area contributed by atoms with Gasteiger partial charge in [0, 0.05) is 0 Å². The van der Waals surface area contributed by atoms with Crippen molar-refractivity contribution in [1.82, 2.24) is 10.2 Å². The van der Waals surface area contributed by atoms with E-state index < -0.39 is 5.91 Å². The van der Waals surface area contributed by atoms with Crippen LogP contribution in [-0.2, 0) is 11.4 Å². The minimum atomic E-state index is -0.574. The maximum absolute atomic E-state index is 12.6. The minimum Gasteiger partial charge on any atom is -0.497 e. The third-order valence-corrected chi connectivity index (χ3v) is 5.84. The molecule has 1 N–H and O–H groups in total. The molecule has 3 aromatic carbocycles. The first-order valence-corrected chi connectivity index (χ1v) is 12.4. The van der Waals surface area contributed by atoms with Gasteiger partial charge in [-0.3, -0.25) is 10.1 Å². The maximum Gasteiger partial charge on any atom is 0.268 e. The summed E-state index contributed by atoms with van der Waals surface area (Å²) >= 11 is 1.18. The summed E-state index contributed by atoms with van der Waals surface area (Å²) in [5, 5.41) is 21.0. The molecule has 0 radical (unpaired) electrons. The second-order valence-electron chi connectivity index (χ2n) is 7.67. The highest BCUT2D eigenvalue weighted by atomic mass is 32.1. The summed E-state index contributed by atoms with van der Waals surface area (Å²) in [4.78, 5) is 12.6. The van der Waals surface area contributed by atoms with Crippen molar-refractivity contribution >= 4 is 28.5 Å². The van der Waals surface area contributed by atoms with Crippen molar-refractivity contribution < 1.29 is 23.7 Å². The molecule has 1 amide bonds. The molecule has 0 aliphatic heterocycles. The van der Waals surface area contributed by atoms with Crippen LogP contribution < -0.4 is 24.3 Å². The lowest BCUT2D eigenvalue weighted by Crippen LogP contribution is -2.13. The molecular weight excluding hydrogens is 504 g/mol. The van der Waals surface area contributed by atoms with Crippen molar-refractivity contribution in [2.45, 2.75) is 6.61 Å². The van der Waals surface area contributed by atoms with Crippen molar-refractivity contribution in [2.75, 3.05) is 25.6 Å². The van der Waals surface area contributed by atoms with E-state index in [2.05, 4.69) is 15.5 Å². The highest BCUT2D eigenvalue weighted by Gasteiger charge is 2.13. The van der Waals surface area contributed by atoms with E-state index in [0.717, 1.165) is 11.5 Å². The van der Waals surface area contributed by atoms with Crippen molar-refractivity contribution in [2.24, 2.45) is 0 Å². The Morgan fingerprint density at radius 3 is 2.11 bits per heavy atom. The normalized spacial score (nSPS) is 10.8. The molecule has 192 valence electrons. The molecule has 0 unspecified atom stereocenters. The standard InChI is InChI=1S/C28H24N4O5S/c1-34-22-11-13-25(14-12-22)36-16-15-35-24-9-7-20(8-10-24)17-21(18-29)27(33)30-28-32-31-26(38-28)19-37-23-5-3-2-4-6-23/h2-14,17H,15-16,19H2,1H3,(H,30,32,33)/b21-17-. The van der Waals surface area contributed by atoms with E-state index in [1.807, 2.05) is 60.7 Å². The van der Waals surface area contributed by atoms with Crippen LogP contribution in [0.2, 0.25) is 0 Å². The Morgan fingerprint density at radius 2 is 1.47 bits per heavy atom. The van der Waals surface area contributed by atoms with Gasteiger partial charge in [-0.15, -0.1) is 10.2 Å². The number of carbonyl (C=O) groups excluding carboxylic acids is 1. The number of hydrogen-bond donors (Lipinski definition) is 1. The van der Waals surface area contributed by atoms with E-state index >= 15 is 0 Å². The zero-order chi connectivity index (χ0) is 26.6. The first-order chi connectivity index (χ1) is 18.6. The second kappa shape index (κ2) is 13.4. The van der Waals surface area contributed by atoms with Crippen LogP contribution in [0.1, 0.15) is 10.6 Å².